The first-order valence-corrected chi connectivity index (χ1v) is 12.5. The number of aryl methyl sites for hydroxylation is 1. The predicted molar refractivity (Wildman–Crippen MR) is 133 cm³/mol. The van der Waals surface area contributed by atoms with Gasteiger partial charge in [-0.2, -0.15) is 0 Å². The molecule has 1 aromatic carbocycles. The van der Waals surface area contributed by atoms with Crippen molar-refractivity contribution in [2.24, 2.45) is 0 Å². The maximum absolute atomic E-state index is 14.2. The van der Waals surface area contributed by atoms with E-state index in [4.69, 9.17) is 11.6 Å². The van der Waals surface area contributed by atoms with Gasteiger partial charge in [-0.05, 0) is 37.0 Å². The van der Waals surface area contributed by atoms with Crippen molar-refractivity contribution in [3.63, 3.8) is 0 Å². The molecule has 2 aliphatic carbocycles. The van der Waals surface area contributed by atoms with Gasteiger partial charge in [-0.1, -0.05) is 36.0 Å². The van der Waals surface area contributed by atoms with E-state index in [-0.39, 0.29) is 46.7 Å². The first-order valence-electron chi connectivity index (χ1n) is 14.2. The number of nitrogens with one attached hydrogen (secondary N) is 1. The van der Waals surface area contributed by atoms with Crippen LogP contribution in [0.2, 0.25) is 0 Å². The fourth-order valence-electron chi connectivity index (χ4n) is 4.37. The van der Waals surface area contributed by atoms with Gasteiger partial charge in [-0.25, -0.2) is 19.0 Å². The molecule has 2 fully saturated rings. The molecule has 0 bridgehead atoms. The lowest BCUT2D eigenvalue weighted by atomic mass is 10.1. The highest BCUT2D eigenvalue weighted by Gasteiger charge is 2.45. The number of halogens is 1. The van der Waals surface area contributed by atoms with Gasteiger partial charge in [-0.3, -0.25) is 0 Å². The summed E-state index contributed by atoms with van der Waals surface area (Å²) in [6.45, 7) is -0.0588. The zero-order valence-electron chi connectivity index (χ0n) is 24.7. The van der Waals surface area contributed by atoms with Gasteiger partial charge in [0.25, 0.3) is 0 Å². The lowest BCUT2D eigenvalue weighted by molar-refractivity contribution is -0.0629. The van der Waals surface area contributed by atoms with Gasteiger partial charge in [0.2, 0.25) is 0 Å². The van der Waals surface area contributed by atoms with Gasteiger partial charge in [-0.15, -0.1) is 5.10 Å². The standard InChI is InChI=1S/C24H31FN6O4S/c1-3-8-36-24-27-22(26-16-10-14(16)13-5-4-12(2)15(25)9-13)19-23(28-24)31(30-29-19)17-11-18(35-7-6-32)21(34)20(17)33/h4-5,9,14,16-18,20-21,32-34H,3,6-8,10-11H2,1-2H3,(H,26,27,28)/t14-,16+,17+,18-,20-,21+/m0/s1/i7D2,8D2,16D. The highest BCUT2D eigenvalue weighted by Crippen LogP contribution is 2.44. The van der Waals surface area contributed by atoms with Crippen molar-refractivity contribution >= 4 is 28.7 Å². The van der Waals surface area contributed by atoms with Crippen molar-refractivity contribution < 1.29 is 31.3 Å². The molecule has 194 valence electrons. The summed E-state index contributed by atoms with van der Waals surface area (Å²) >= 11 is 0.767. The first kappa shape index (κ1) is 19.7. The number of benzene rings is 1. The molecule has 0 amide bonds. The number of aromatic nitrogens is 5. The van der Waals surface area contributed by atoms with Gasteiger partial charge in [0.15, 0.2) is 22.1 Å². The third-order valence-electron chi connectivity index (χ3n) is 6.38. The number of rotatable bonds is 10. The van der Waals surface area contributed by atoms with Crippen LogP contribution < -0.4 is 5.32 Å². The zero-order valence-corrected chi connectivity index (χ0v) is 20.5. The van der Waals surface area contributed by atoms with E-state index in [0.717, 1.165) is 11.8 Å². The molecule has 2 heterocycles. The largest absolute Gasteiger partial charge is 0.394 e. The quantitative estimate of drug-likeness (QED) is 0.231. The maximum Gasteiger partial charge on any atom is 0.191 e. The molecular formula is C24H31FN6O4S. The molecule has 5 rings (SSSR count). The van der Waals surface area contributed by atoms with E-state index >= 15 is 0 Å². The Morgan fingerprint density at radius 2 is 2.14 bits per heavy atom. The molecule has 0 unspecified atom stereocenters. The second-order valence-corrected chi connectivity index (χ2v) is 9.68. The molecule has 2 aromatic heterocycles. The third kappa shape index (κ3) is 4.92. The van der Waals surface area contributed by atoms with E-state index in [2.05, 4.69) is 25.6 Å². The molecule has 0 spiro atoms. The van der Waals surface area contributed by atoms with Gasteiger partial charge >= 0.3 is 0 Å². The highest BCUT2D eigenvalue weighted by molar-refractivity contribution is 7.99. The van der Waals surface area contributed by atoms with Crippen LogP contribution >= 0.6 is 11.8 Å². The van der Waals surface area contributed by atoms with Crippen molar-refractivity contribution in [3.8, 4) is 0 Å². The minimum absolute atomic E-state index is 0.0232. The number of thioether (sulfide) groups is 1. The predicted octanol–water partition coefficient (Wildman–Crippen LogP) is 2.18. The number of aliphatic hydroxyl groups is 3. The summed E-state index contributed by atoms with van der Waals surface area (Å²) < 4.78 is 61.4. The van der Waals surface area contributed by atoms with Gasteiger partial charge in [0.1, 0.15) is 18.0 Å². The topological polar surface area (TPSA) is 138 Å². The van der Waals surface area contributed by atoms with E-state index in [1.807, 2.05) is 0 Å². The number of hydrogen-bond acceptors (Lipinski definition) is 10. The molecule has 4 N–H and O–H groups in total. The minimum Gasteiger partial charge on any atom is -0.394 e. The van der Waals surface area contributed by atoms with Gasteiger partial charge in [0, 0.05) is 26.8 Å². The van der Waals surface area contributed by atoms with E-state index in [0.29, 0.717) is 17.5 Å². The van der Waals surface area contributed by atoms with Crippen LogP contribution in [0, 0.1) is 12.7 Å². The van der Waals surface area contributed by atoms with Crippen molar-refractivity contribution in [2.45, 2.75) is 74.6 Å². The first-order chi connectivity index (χ1) is 19.2. The highest BCUT2D eigenvalue weighted by atomic mass is 32.2. The SMILES string of the molecule is [2H]C([2H])(CO)O[C@H]1C[C@@H](n2nnc3c(N[C@]4([2H])C[C@H]4c4ccc(C)c(F)c4)nc(SC([2H])([2H])CC)nc32)[C@H](O)[C@@H]1O. The summed E-state index contributed by atoms with van der Waals surface area (Å²) in [6, 6.07) is 2.63. The third-order valence-corrected chi connectivity index (χ3v) is 7.18. The van der Waals surface area contributed by atoms with Crippen LogP contribution in [0.15, 0.2) is 23.4 Å². The monoisotopic (exact) mass is 523 g/mol. The molecule has 36 heavy (non-hydrogen) atoms. The van der Waals surface area contributed by atoms with Crippen molar-refractivity contribution in [1.29, 1.82) is 0 Å². The van der Waals surface area contributed by atoms with Crippen molar-refractivity contribution in [3.05, 3.63) is 35.1 Å². The molecular weight excluding hydrogens is 487 g/mol. The fraction of sp³-hybridized carbons (Fsp3) is 0.583. The summed E-state index contributed by atoms with van der Waals surface area (Å²) in [4.78, 5) is 8.89. The molecule has 10 nitrogen and oxygen atoms in total. The van der Waals surface area contributed by atoms with Crippen LogP contribution in [-0.2, 0) is 4.74 Å². The normalized spacial score (nSPS) is 32.5. The lowest BCUT2D eigenvalue weighted by Gasteiger charge is -2.17. The molecule has 0 radical (unpaired) electrons. The minimum atomic E-state index is -2.44. The number of hydrogen-bond donors (Lipinski definition) is 4. The van der Waals surface area contributed by atoms with Crippen LogP contribution in [0.4, 0.5) is 10.2 Å². The number of nitrogens with zero attached hydrogens (tertiary/aromatic N) is 5. The van der Waals surface area contributed by atoms with Crippen molar-refractivity contribution in [2.75, 3.05) is 24.2 Å². The molecule has 0 aliphatic heterocycles. The second-order valence-electron chi connectivity index (χ2n) is 8.82. The Hall–Kier alpha value is -2.38. The molecule has 2 aliphatic rings. The average molecular weight is 524 g/mol. The summed E-state index contributed by atoms with van der Waals surface area (Å²) in [5.41, 5.74) is -0.338. The number of aliphatic hydroxyl groups excluding tert-OH is 3. The summed E-state index contributed by atoms with van der Waals surface area (Å²) in [6.07, 6.45) is -3.70. The average Bonchev–Trinajstić information content (AvgIpc) is 3.25. The van der Waals surface area contributed by atoms with E-state index in [1.54, 1.807) is 26.0 Å². The van der Waals surface area contributed by atoms with E-state index < -0.39 is 49.2 Å². The Labute approximate surface area is 219 Å². The van der Waals surface area contributed by atoms with Crippen LogP contribution in [0.3, 0.4) is 0 Å². The molecule has 0 saturated heterocycles. The Morgan fingerprint density at radius 3 is 2.89 bits per heavy atom. The Morgan fingerprint density at radius 1 is 1.31 bits per heavy atom. The number of ether oxygens (including phenoxy) is 1. The van der Waals surface area contributed by atoms with Crippen LogP contribution in [0.5, 0.6) is 0 Å². The zero-order chi connectivity index (χ0) is 29.9. The second kappa shape index (κ2) is 10.5. The summed E-state index contributed by atoms with van der Waals surface area (Å²) in [5, 5.41) is 41.9. The maximum atomic E-state index is 14.2. The Kier molecular flexibility index (Phi) is 5.77. The lowest BCUT2D eigenvalue weighted by Crippen LogP contribution is -2.33. The fourth-order valence-corrected chi connectivity index (χ4v) is 4.91. The summed E-state index contributed by atoms with van der Waals surface area (Å²) in [7, 11) is 0. The Bertz CT molecular complexity index is 1450. The van der Waals surface area contributed by atoms with Crippen molar-refractivity contribution in [1.82, 2.24) is 25.0 Å². The van der Waals surface area contributed by atoms with E-state index in [1.165, 1.54) is 10.7 Å². The molecule has 6 atom stereocenters. The number of anilines is 1. The van der Waals surface area contributed by atoms with Crippen LogP contribution in [0.25, 0.3) is 11.2 Å². The molecule has 12 heteroatoms. The molecule has 2 saturated carbocycles. The van der Waals surface area contributed by atoms with Gasteiger partial charge in [0.05, 0.1) is 29.4 Å². The van der Waals surface area contributed by atoms with E-state index in [9.17, 15) is 19.7 Å². The Balaban J connectivity index is 1.50. The number of fused-ring (bicyclic) bond motifs is 1. The van der Waals surface area contributed by atoms with Crippen LogP contribution in [-0.4, -0.2) is 83.5 Å². The summed E-state index contributed by atoms with van der Waals surface area (Å²) in [5.74, 6) is -0.600. The van der Waals surface area contributed by atoms with Crippen LogP contribution in [0.1, 0.15) is 56.1 Å². The van der Waals surface area contributed by atoms with Gasteiger partial charge < -0.3 is 25.4 Å². The molecule has 3 aromatic rings. The smallest absolute Gasteiger partial charge is 0.191 e.